The Morgan fingerprint density at radius 2 is 0.879 bits per heavy atom. The summed E-state index contributed by atoms with van der Waals surface area (Å²) in [5.74, 6) is 1.97. The predicted octanol–water partition coefficient (Wildman–Crippen LogP) is 12.8. The van der Waals surface area contributed by atoms with E-state index in [1.165, 1.54) is 43.8 Å². The Balaban J connectivity index is 1.30. The van der Waals surface area contributed by atoms with Crippen molar-refractivity contribution in [3.8, 4) is 51.1 Å². The Morgan fingerprint density at radius 3 is 1.40 bits per heavy atom. The summed E-state index contributed by atoms with van der Waals surface area (Å²) in [7, 11) is 0. The van der Waals surface area contributed by atoms with Gasteiger partial charge in [-0.25, -0.2) is 15.0 Å². The van der Waals surface area contributed by atoms with E-state index < -0.39 is 0 Å². The maximum absolute atomic E-state index is 10.2. The predicted molar refractivity (Wildman–Crippen MR) is 238 cm³/mol. The molecule has 0 bridgehead atoms. The number of nitrogens with zero attached hydrogens (tertiary/aromatic N) is 6. The van der Waals surface area contributed by atoms with E-state index in [0.29, 0.717) is 23.0 Å². The summed E-state index contributed by atoms with van der Waals surface area (Å²) in [4.78, 5) is 14.5. The Labute approximate surface area is 337 Å². The summed E-state index contributed by atoms with van der Waals surface area (Å²) in [6.07, 6.45) is 0. The van der Waals surface area contributed by atoms with Gasteiger partial charge in [0, 0.05) is 32.7 Å². The highest BCUT2D eigenvalue weighted by molar-refractivity contribution is 6.11. The number of aryl methyl sites for hydroxylation is 6. The van der Waals surface area contributed by atoms with Gasteiger partial charge in [-0.2, -0.15) is 5.26 Å². The fourth-order valence-electron chi connectivity index (χ4n) is 8.80. The van der Waals surface area contributed by atoms with E-state index in [0.717, 1.165) is 61.3 Å². The number of nitriles is 1. The number of fused-ring (bicyclic) bond motifs is 6. The first-order valence-electron chi connectivity index (χ1n) is 19.7. The lowest BCUT2D eigenvalue weighted by Crippen LogP contribution is -2.04. The molecule has 6 nitrogen and oxygen atoms in total. The van der Waals surface area contributed by atoms with Crippen molar-refractivity contribution in [1.82, 2.24) is 24.1 Å². The summed E-state index contributed by atoms with van der Waals surface area (Å²) < 4.78 is 4.75. The molecule has 0 N–H and O–H groups in total. The molecule has 278 valence electrons. The zero-order valence-electron chi connectivity index (χ0n) is 33.4. The lowest BCUT2D eigenvalue weighted by molar-refractivity contribution is 0.927. The summed E-state index contributed by atoms with van der Waals surface area (Å²) >= 11 is 0. The van der Waals surface area contributed by atoms with Gasteiger partial charge in [0.1, 0.15) is 11.6 Å². The molecule has 0 aliphatic rings. The quantitative estimate of drug-likeness (QED) is 0.176. The van der Waals surface area contributed by atoms with Gasteiger partial charge in [-0.05, 0) is 131 Å². The van der Waals surface area contributed by atoms with Crippen LogP contribution in [-0.2, 0) is 0 Å². The first-order valence-corrected chi connectivity index (χ1v) is 19.7. The molecule has 58 heavy (non-hydrogen) atoms. The van der Waals surface area contributed by atoms with Crippen molar-refractivity contribution in [3.63, 3.8) is 0 Å². The number of hydrogen-bond donors (Lipinski definition) is 0. The highest BCUT2D eigenvalue weighted by Gasteiger charge is 2.22. The average Bonchev–Trinajstić information content (AvgIpc) is 3.70. The van der Waals surface area contributed by atoms with E-state index in [9.17, 15) is 5.26 Å². The molecule has 7 aromatic carbocycles. The van der Waals surface area contributed by atoms with Gasteiger partial charge in [0.25, 0.3) is 0 Å². The molecule has 0 radical (unpaired) electrons. The molecule has 0 fully saturated rings. The molecule has 6 heteroatoms. The van der Waals surface area contributed by atoms with Crippen molar-refractivity contribution in [2.24, 2.45) is 0 Å². The average molecular weight is 749 g/mol. The van der Waals surface area contributed by atoms with Crippen molar-refractivity contribution in [3.05, 3.63) is 173 Å². The van der Waals surface area contributed by atoms with Crippen LogP contribution in [0.4, 0.5) is 0 Å². The zero-order chi connectivity index (χ0) is 39.8. The van der Waals surface area contributed by atoms with Crippen LogP contribution in [-0.4, -0.2) is 24.1 Å². The van der Waals surface area contributed by atoms with Gasteiger partial charge >= 0.3 is 0 Å². The van der Waals surface area contributed by atoms with Crippen LogP contribution >= 0.6 is 0 Å². The van der Waals surface area contributed by atoms with E-state index in [4.69, 9.17) is 9.97 Å². The first-order chi connectivity index (χ1) is 28.1. The molecule has 0 atom stereocenters. The smallest absolute Gasteiger partial charge is 0.165 e. The summed E-state index contributed by atoms with van der Waals surface area (Å²) in [5.41, 5.74) is 16.8. The zero-order valence-corrected chi connectivity index (χ0v) is 33.4. The van der Waals surface area contributed by atoms with E-state index in [1.807, 2.05) is 38.1 Å². The molecule has 0 saturated heterocycles. The molecular formula is C52H40N6. The van der Waals surface area contributed by atoms with Crippen molar-refractivity contribution in [2.75, 3.05) is 0 Å². The van der Waals surface area contributed by atoms with E-state index in [1.54, 1.807) is 0 Å². The van der Waals surface area contributed by atoms with Crippen LogP contribution in [0, 0.1) is 52.9 Å². The van der Waals surface area contributed by atoms with Gasteiger partial charge in [0.15, 0.2) is 5.82 Å². The minimum absolute atomic E-state index is 0.625. The van der Waals surface area contributed by atoms with E-state index in [2.05, 4.69) is 157 Å². The Kier molecular flexibility index (Phi) is 8.10. The monoisotopic (exact) mass is 748 g/mol. The summed E-state index contributed by atoms with van der Waals surface area (Å²) in [6.45, 7) is 12.4. The number of benzene rings is 7. The molecule has 3 heterocycles. The van der Waals surface area contributed by atoms with Crippen LogP contribution in [0.5, 0.6) is 0 Å². The van der Waals surface area contributed by atoms with Crippen LogP contribution in [0.25, 0.3) is 88.6 Å². The highest BCUT2D eigenvalue weighted by atomic mass is 15.0. The number of aromatic nitrogens is 5. The number of hydrogen-bond acceptors (Lipinski definition) is 4. The lowest BCUT2D eigenvalue weighted by atomic mass is 9.94. The van der Waals surface area contributed by atoms with E-state index in [-0.39, 0.29) is 0 Å². The maximum atomic E-state index is 10.2. The SMILES string of the molecule is Cc1ccc2c(c1)c1cc(C)ccc1n2-c1cc(-c2ccccc2C#N)ccc1-c1ccc(-n2c3ccc(C)cc3c3cc(C)ccc32)c(-c2nc(C)nc(C)n2)c1. The van der Waals surface area contributed by atoms with Crippen molar-refractivity contribution in [1.29, 1.82) is 5.26 Å². The number of rotatable bonds is 5. The maximum Gasteiger partial charge on any atom is 0.165 e. The van der Waals surface area contributed by atoms with Crippen LogP contribution in [0.2, 0.25) is 0 Å². The molecule has 0 saturated carbocycles. The Morgan fingerprint density at radius 1 is 0.414 bits per heavy atom. The molecule has 0 aliphatic carbocycles. The second-order valence-electron chi connectivity index (χ2n) is 15.6. The first kappa shape index (κ1) is 35.1. The third-order valence-corrected chi connectivity index (χ3v) is 11.4. The van der Waals surface area contributed by atoms with Crippen molar-refractivity contribution < 1.29 is 0 Å². The van der Waals surface area contributed by atoms with Gasteiger partial charge < -0.3 is 9.13 Å². The fraction of sp³-hybridized carbons (Fsp3) is 0.115. The van der Waals surface area contributed by atoms with Crippen LogP contribution in [0.15, 0.2) is 133 Å². The normalized spacial score (nSPS) is 11.6. The topological polar surface area (TPSA) is 72.3 Å². The second kappa shape index (κ2) is 13.4. The molecule has 0 spiro atoms. The fourth-order valence-corrected chi connectivity index (χ4v) is 8.80. The van der Waals surface area contributed by atoms with Crippen molar-refractivity contribution >= 4 is 43.6 Å². The van der Waals surface area contributed by atoms with Gasteiger partial charge in [-0.15, -0.1) is 0 Å². The molecule has 10 rings (SSSR count). The van der Waals surface area contributed by atoms with Gasteiger partial charge in [0.2, 0.25) is 0 Å². The van der Waals surface area contributed by atoms with Crippen LogP contribution in [0.3, 0.4) is 0 Å². The van der Waals surface area contributed by atoms with Gasteiger partial charge in [-0.3, -0.25) is 0 Å². The second-order valence-corrected chi connectivity index (χ2v) is 15.6. The lowest BCUT2D eigenvalue weighted by Gasteiger charge is -2.19. The molecular weight excluding hydrogens is 709 g/mol. The molecule has 0 aliphatic heterocycles. The van der Waals surface area contributed by atoms with Crippen molar-refractivity contribution in [2.45, 2.75) is 41.5 Å². The van der Waals surface area contributed by atoms with Gasteiger partial charge in [0.05, 0.1) is 45.1 Å². The van der Waals surface area contributed by atoms with E-state index >= 15 is 0 Å². The third kappa shape index (κ3) is 5.66. The third-order valence-electron chi connectivity index (χ3n) is 11.4. The Hall–Kier alpha value is -7.36. The van der Waals surface area contributed by atoms with Gasteiger partial charge in [-0.1, -0.05) is 82.9 Å². The minimum Gasteiger partial charge on any atom is -0.309 e. The molecule has 3 aromatic heterocycles. The molecule has 10 aromatic rings. The molecule has 0 amide bonds. The standard InChI is InChI=1S/C52H40N6/c1-30-11-18-46-41(23-30)42-24-31(2)12-19-47(42)57(46)50-22-16-36(27-45(50)52-55-34(5)54-35(6)56-52)40-17-15-37(39-10-8-7-9-38(39)29-53)28-51(40)58-48-20-13-32(3)25-43(48)44-26-33(4)14-21-49(44)58/h7-28H,1-6H3. The Bertz CT molecular complexity index is 3230. The highest BCUT2D eigenvalue weighted by Crippen LogP contribution is 2.42. The minimum atomic E-state index is 0.625. The largest absolute Gasteiger partial charge is 0.309 e. The molecule has 0 unspecified atom stereocenters. The summed E-state index contributed by atoms with van der Waals surface area (Å²) in [6, 6.07) is 50.3. The summed E-state index contributed by atoms with van der Waals surface area (Å²) in [5, 5.41) is 15.0. The van der Waals surface area contributed by atoms with Crippen LogP contribution < -0.4 is 0 Å². The van der Waals surface area contributed by atoms with Crippen LogP contribution in [0.1, 0.15) is 39.5 Å².